The average molecular weight is 387 g/mol. The minimum atomic E-state index is -3.79. The summed E-state index contributed by atoms with van der Waals surface area (Å²) < 4.78 is 27.4. The second-order valence-electron chi connectivity index (χ2n) is 3.32. The van der Waals surface area contributed by atoms with Gasteiger partial charge >= 0.3 is 0 Å². The van der Waals surface area contributed by atoms with Crippen LogP contribution in [0.2, 0.25) is 10.0 Å². The Morgan fingerprint density at radius 2 is 1.83 bits per heavy atom. The standard InChI is InChI=1S/C10H6BrCl2NO2S2/c11-6-3-8(12)10(9(13)4-6)18(15,16)14-7-1-2-17-5-7/h1-5,14H. The smallest absolute Gasteiger partial charge is 0.264 e. The summed E-state index contributed by atoms with van der Waals surface area (Å²) in [6.07, 6.45) is 0. The number of benzene rings is 1. The maximum atomic E-state index is 12.2. The van der Waals surface area contributed by atoms with Crippen LogP contribution in [-0.2, 0) is 10.0 Å². The summed E-state index contributed by atoms with van der Waals surface area (Å²) in [5.41, 5.74) is 0.482. The Morgan fingerprint density at radius 1 is 1.22 bits per heavy atom. The molecule has 0 fully saturated rings. The lowest BCUT2D eigenvalue weighted by molar-refractivity contribution is 0.601. The second kappa shape index (κ2) is 5.38. The number of anilines is 1. The van der Waals surface area contributed by atoms with Crippen LogP contribution in [-0.4, -0.2) is 8.42 Å². The number of thiophene rings is 1. The average Bonchev–Trinajstić information content (AvgIpc) is 2.66. The van der Waals surface area contributed by atoms with Gasteiger partial charge in [0.1, 0.15) is 4.90 Å². The van der Waals surface area contributed by atoms with Crippen LogP contribution in [0.5, 0.6) is 0 Å². The molecule has 0 aliphatic carbocycles. The molecule has 1 heterocycles. The topological polar surface area (TPSA) is 46.2 Å². The highest BCUT2D eigenvalue weighted by atomic mass is 79.9. The zero-order chi connectivity index (χ0) is 13.3. The highest BCUT2D eigenvalue weighted by Gasteiger charge is 2.22. The van der Waals surface area contributed by atoms with Crippen molar-refractivity contribution in [3.8, 4) is 0 Å². The van der Waals surface area contributed by atoms with Gasteiger partial charge in [-0.25, -0.2) is 8.42 Å². The van der Waals surface area contributed by atoms with Gasteiger partial charge in [0, 0.05) is 9.85 Å². The molecule has 0 saturated heterocycles. The zero-order valence-corrected chi connectivity index (χ0v) is 13.4. The van der Waals surface area contributed by atoms with Crippen LogP contribution in [0.4, 0.5) is 5.69 Å². The van der Waals surface area contributed by atoms with E-state index in [9.17, 15) is 8.42 Å². The van der Waals surface area contributed by atoms with Crippen LogP contribution in [0, 0.1) is 0 Å². The predicted molar refractivity (Wildman–Crippen MR) is 79.3 cm³/mol. The van der Waals surface area contributed by atoms with Crippen molar-refractivity contribution < 1.29 is 8.42 Å². The van der Waals surface area contributed by atoms with Crippen molar-refractivity contribution in [2.45, 2.75) is 4.90 Å². The van der Waals surface area contributed by atoms with E-state index < -0.39 is 10.0 Å². The minimum Gasteiger partial charge on any atom is -0.279 e. The third-order valence-electron chi connectivity index (χ3n) is 2.01. The monoisotopic (exact) mass is 385 g/mol. The van der Waals surface area contributed by atoms with Crippen molar-refractivity contribution in [2.75, 3.05) is 4.72 Å². The zero-order valence-electron chi connectivity index (χ0n) is 8.65. The van der Waals surface area contributed by atoms with Gasteiger partial charge in [-0.3, -0.25) is 4.72 Å². The van der Waals surface area contributed by atoms with Gasteiger partial charge in [0.15, 0.2) is 0 Å². The molecule has 96 valence electrons. The first-order valence-electron chi connectivity index (χ1n) is 4.60. The fourth-order valence-electron chi connectivity index (χ4n) is 1.31. The van der Waals surface area contributed by atoms with Crippen molar-refractivity contribution in [1.82, 2.24) is 0 Å². The van der Waals surface area contributed by atoms with E-state index in [0.717, 1.165) is 0 Å². The number of halogens is 3. The summed E-state index contributed by atoms with van der Waals surface area (Å²) >= 11 is 16.4. The van der Waals surface area contributed by atoms with E-state index in [-0.39, 0.29) is 14.9 Å². The molecule has 0 saturated carbocycles. The quantitative estimate of drug-likeness (QED) is 0.836. The molecule has 1 aromatic heterocycles. The Labute approximate surface area is 127 Å². The lowest BCUT2D eigenvalue weighted by Crippen LogP contribution is -2.13. The van der Waals surface area contributed by atoms with Crippen molar-refractivity contribution in [1.29, 1.82) is 0 Å². The van der Waals surface area contributed by atoms with E-state index in [0.29, 0.717) is 10.2 Å². The van der Waals surface area contributed by atoms with E-state index in [1.165, 1.54) is 23.5 Å². The third kappa shape index (κ3) is 3.00. The third-order valence-corrected chi connectivity index (χ3v) is 5.45. The maximum Gasteiger partial charge on any atom is 0.264 e. The number of rotatable bonds is 3. The van der Waals surface area contributed by atoms with Crippen molar-refractivity contribution >= 4 is 66.2 Å². The molecule has 2 aromatic rings. The maximum absolute atomic E-state index is 12.2. The van der Waals surface area contributed by atoms with Crippen LogP contribution in [0.25, 0.3) is 0 Å². The van der Waals surface area contributed by atoms with Crippen molar-refractivity contribution in [3.05, 3.63) is 43.5 Å². The fraction of sp³-hybridized carbons (Fsp3) is 0. The summed E-state index contributed by atoms with van der Waals surface area (Å²) in [5, 5.41) is 3.58. The predicted octanol–water partition coefficient (Wildman–Crippen LogP) is 4.62. The number of hydrogen-bond donors (Lipinski definition) is 1. The van der Waals surface area contributed by atoms with Gasteiger partial charge < -0.3 is 0 Å². The van der Waals surface area contributed by atoms with E-state index in [2.05, 4.69) is 20.7 Å². The van der Waals surface area contributed by atoms with Crippen LogP contribution >= 0.6 is 50.5 Å². The molecule has 1 aromatic carbocycles. The van der Waals surface area contributed by atoms with Crippen LogP contribution in [0.3, 0.4) is 0 Å². The Hall–Kier alpha value is -0.270. The first kappa shape index (κ1) is 14.1. The van der Waals surface area contributed by atoms with E-state index in [1.54, 1.807) is 16.8 Å². The summed E-state index contributed by atoms with van der Waals surface area (Å²) in [6, 6.07) is 4.62. The first-order valence-corrected chi connectivity index (χ1v) is 8.57. The molecule has 0 bridgehead atoms. The molecule has 8 heteroatoms. The number of hydrogen-bond acceptors (Lipinski definition) is 3. The van der Waals surface area contributed by atoms with Crippen molar-refractivity contribution in [2.24, 2.45) is 0 Å². The Bertz CT molecular complexity index is 648. The molecule has 0 atom stereocenters. The van der Waals surface area contributed by atoms with E-state index in [1.807, 2.05) is 0 Å². The lowest BCUT2D eigenvalue weighted by atomic mass is 10.4. The lowest BCUT2D eigenvalue weighted by Gasteiger charge is -2.10. The van der Waals surface area contributed by atoms with Gasteiger partial charge in [-0.05, 0) is 23.6 Å². The molecule has 2 rings (SSSR count). The number of sulfonamides is 1. The summed E-state index contributed by atoms with van der Waals surface area (Å²) in [5.74, 6) is 0. The molecule has 18 heavy (non-hydrogen) atoms. The van der Waals surface area contributed by atoms with Crippen molar-refractivity contribution in [3.63, 3.8) is 0 Å². The highest BCUT2D eigenvalue weighted by Crippen LogP contribution is 2.34. The SMILES string of the molecule is O=S(=O)(Nc1ccsc1)c1c(Cl)cc(Br)cc1Cl. The molecule has 1 N–H and O–H groups in total. The van der Waals surface area contributed by atoms with Gasteiger partial charge in [-0.15, -0.1) is 0 Å². The summed E-state index contributed by atoms with van der Waals surface area (Å²) in [6.45, 7) is 0. The van der Waals surface area contributed by atoms with Crippen LogP contribution in [0.15, 0.2) is 38.3 Å². The van der Waals surface area contributed by atoms with Crippen LogP contribution in [0.1, 0.15) is 0 Å². The summed E-state index contributed by atoms with van der Waals surface area (Å²) in [7, 11) is -3.79. The second-order valence-corrected chi connectivity index (χ2v) is 7.45. The summed E-state index contributed by atoms with van der Waals surface area (Å²) in [4.78, 5) is -0.125. The first-order chi connectivity index (χ1) is 8.40. The Morgan fingerprint density at radius 3 is 2.33 bits per heavy atom. The molecule has 0 spiro atoms. The molecule has 0 unspecified atom stereocenters. The van der Waals surface area contributed by atoms with Gasteiger partial charge in [0.05, 0.1) is 15.7 Å². The Balaban J connectivity index is 2.48. The number of nitrogens with one attached hydrogen (secondary N) is 1. The van der Waals surface area contributed by atoms with E-state index >= 15 is 0 Å². The van der Waals surface area contributed by atoms with Gasteiger partial charge in [-0.2, -0.15) is 11.3 Å². The molecule has 3 nitrogen and oxygen atoms in total. The molecule has 0 radical (unpaired) electrons. The largest absolute Gasteiger partial charge is 0.279 e. The molecule has 0 amide bonds. The molecular weight excluding hydrogens is 381 g/mol. The van der Waals surface area contributed by atoms with Gasteiger partial charge in [0.2, 0.25) is 0 Å². The van der Waals surface area contributed by atoms with E-state index in [4.69, 9.17) is 23.2 Å². The highest BCUT2D eigenvalue weighted by molar-refractivity contribution is 9.10. The van der Waals surface area contributed by atoms with Gasteiger partial charge in [0.25, 0.3) is 10.0 Å². The normalized spacial score (nSPS) is 11.5. The fourth-order valence-corrected chi connectivity index (χ4v) is 4.97. The Kier molecular flexibility index (Phi) is 4.23. The molecule has 0 aliphatic heterocycles. The minimum absolute atomic E-state index is 0.0668. The molecule has 0 aliphatic rings. The van der Waals surface area contributed by atoms with Crippen LogP contribution < -0.4 is 4.72 Å². The molecular formula is C10H6BrCl2NO2S2. The van der Waals surface area contributed by atoms with Gasteiger partial charge in [-0.1, -0.05) is 39.1 Å².